The van der Waals surface area contributed by atoms with Gasteiger partial charge in [0, 0.05) is 24.2 Å². The number of ether oxygens (including phenoxy) is 1. The molecule has 0 fully saturated rings. The fraction of sp³-hybridized carbons (Fsp3) is 0.238. The Balaban J connectivity index is 1.90. The van der Waals surface area contributed by atoms with E-state index in [0.717, 1.165) is 11.6 Å². The molecule has 2 rings (SSSR count). The molecule has 0 aliphatic carbocycles. The second kappa shape index (κ2) is 9.51. The third-order valence-corrected chi connectivity index (χ3v) is 3.78. The number of carbonyl (C=O) groups is 2. The molecule has 1 amide bonds. The highest BCUT2D eigenvalue weighted by Crippen LogP contribution is 2.10. The minimum Gasteiger partial charge on any atom is -0.452 e. The van der Waals surface area contributed by atoms with E-state index in [0.29, 0.717) is 6.54 Å². The number of amides is 1. The standard InChI is InChI=1S/C21H22FNO3/c1-16(2)23(14-17-8-4-3-5-9-17)20(24)15-26-21(25)13-12-18-10-6-7-11-19(18)22/h3-13,16H,14-15H2,1-2H3/b13-12+. The maximum atomic E-state index is 13.5. The van der Waals surface area contributed by atoms with Gasteiger partial charge in [-0.15, -0.1) is 0 Å². The second-order valence-corrected chi connectivity index (χ2v) is 6.06. The van der Waals surface area contributed by atoms with E-state index in [-0.39, 0.29) is 24.1 Å². The Hall–Kier alpha value is -2.95. The molecule has 0 N–H and O–H groups in total. The van der Waals surface area contributed by atoms with Gasteiger partial charge in [0.1, 0.15) is 5.82 Å². The van der Waals surface area contributed by atoms with Crippen LogP contribution in [0.25, 0.3) is 6.08 Å². The zero-order valence-electron chi connectivity index (χ0n) is 14.9. The fourth-order valence-corrected chi connectivity index (χ4v) is 2.37. The molecule has 0 unspecified atom stereocenters. The van der Waals surface area contributed by atoms with E-state index in [4.69, 9.17) is 4.74 Å². The molecule has 4 nitrogen and oxygen atoms in total. The predicted molar refractivity (Wildman–Crippen MR) is 98.5 cm³/mol. The van der Waals surface area contributed by atoms with E-state index >= 15 is 0 Å². The lowest BCUT2D eigenvalue weighted by atomic mass is 10.2. The first-order valence-corrected chi connectivity index (χ1v) is 8.40. The lowest BCUT2D eigenvalue weighted by molar-refractivity contribution is -0.149. The number of carbonyl (C=O) groups excluding carboxylic acids is 2. The molecule has 0 bridgehead atoms. The first-order valence-electron chi connectivity index (χ1n) is 8.40. The lowest BCUT2D eigenvalue weighted by Gasteiger charge is -2.26. The number of benzene rings is 2. The number of nitrogens with zero attached hydrogens (tertiary/aromatic N) is 1. The SMILES string of the molecule is CC(C)N(Cc1ccccc1)C(=O)COC(=O)/C=C/c1ccccc1F. The molecule has 0 aliphatic heterocycles. The molecule has 0 heterocycles. The van der Waals surface area contributed by atoms with Gasteiger partial charge < -0.3 is 9.64 Å². The number of hydrogen-bond acceptors (Lipinski definition) is 3. The summed E-state index contributed by atoms with van der Waals surface area (Å²) in [5.74, 6) is -1.40. The highest BCUT2D eigenvalue weighted by Gasteiger charge is 2.18. The van der Waals surface area contributed by atoms with Gasteiger partial charge in [-0.1, -0.05) is 48.5 Å². The minimum atomic E-state index is -0.690. The van der Waals surface area contributed by atoms with Crippen LogP contribution in [0.1, 0.15) is 25.0 Å². The second-order valence-electron chi connectivity index (χ2n) is 6.06. The maximum absolute atomic E-state index is 13.5. The van der Waals surface area contributed by atoms with Crippen LogP contribution in [0.15, 0.2) is 60.7 Å². The molecular weight excluding hydrogens is 333 g/mol. The van der Waals surface area contributed by atoms with Gasteiger partial charge in [-0.05, 0) is 31.6 Å². The number of hydrogen-bond donors (Lipinski definition) is 0. The van der Waals surface area contributed by atoms with Crippen LogP contribution in [-0.4, -0.2) is 29.4 Å². The van der Waals surface area contributed by atoms with Gasteiger partial charge in [0.25, 0.3) is 5.91 Å². The molecule has 26 heavy (non-hydrogen) atoms. The van der Waals surface area contributed by atoms with Crippen molar-refractivity contribution in [1.82, 2.24) is 4.90 Å². The molecule has 2 aromatic carbocycles. The van der Waals surface area contributed by atoms with Crippen molar-refractivity contribution in [2.24, 2.45) is 0 Å². The zero-order chi connectivity index (χ0) is 18.9. The van der Waals surface area contributed by atoms with Crippen molar-refractivity contribution in [3.05, 3.63) is 77.6 Å². The number of halogens is 1. The highest BCUT2D eigenvalue weighted by atomic mass is 19.1. The van der Waals surface area contributed by atoms with E-state index < -0.39 is 11.8 Å². The summed E-state index contributed by atoms with van der Waals surface area (Å²) in [6.45, 7) is 3.90. The van der Waals surface area contributed by atoms with Crippen molar-refractivity contribution in [2.45, 2.75) is 26.4 Å². The lowest BCUT2D eigenvalue weighted by Crippen LogP contribution is -2.39. The van der Waals surface area contributed by atoms with Gasteiger partial charge in [-0.2, -0.15) is 0 Å². The summed E-state index contributed by atoms with van der Waals surface area (Å²) in [7, 11) is 0. The van der Waals surface area contributed by atoms with E-state index in [1.54, 1.807) is 23.1 Å². The summed E-state index contributed by atoms with van der Waals surface area (Å²) < 4.78 is 18.5. The molecule has 0 aromatic heterocycles. The molecular formula is C21H22FNO3. The summed E-state index contributed by atoms with van der Waals surface area (Å²) in [4.78, 5) is 25.8. The van der Waals surface area contributed by atoms with Crippen LogP contribution in [0.4, 0.5) is 4.39 Å². The number of rotatable bonds is 7. The number of esters is 1. The first-order chi connectivity index (χ1) is 12.5. The Labute approximate surface area is 152 Å². The minimum absolute atomic E-state index is 0.0321. The Morgan fingerprint density at radius 3 is 2.38 bits per heavy atom. The van der Waals surface area contributed by atoms with Crippen molar-refractivity contribution in [1.29, 1.82) is 0 Å². The Morgan fingerprint density at radius 2 is 1.73 bits per heavy atom. The first kappa shape index (κ1) is 19.4. The summed E-state index contributed by atoms with van der Waals surface area (Å²) in [5.41, 5.74) is 1.28. The van der Waals surface area contributed by atoms with Crippen molar-refractivity contribution >= 4 is 18.0 Å². The average molecular weight is 355 g/mol. The van der Waals surface area contributed by atoms with Gasteiger partial charge in [0.15, 0.2) is 6.61 Å². The molecule has 0 spiro atoms. The van der Waals surface area contributed by atoms with Crippen molar-refractivity contribution in [3.63, 3.8) is 0 Å². The predicted octanol–water partition coefficient (Wildman–Crippen LogP) is 3.82. The van der Waals surface area contributed by atoms with Crippen LogP contribution in [0.5, 0.6) is 0 Å². The summed E-state index contributed by atoms with van der Waals surface area (Å²) in [5, 5.41) is 0. The maximum Gasteiger partial charge on any atom is 0.331 e. The van der Waals surface area contributed by atoms with Crippen LogP contribution in [0.2, 0.25) is 0 Å². The van der Waals surface area contributed by atoms with Crippen molar-refractivity contribution < 1.29 is 18.7 Å². The van der Waals surface area contributed by atoms with Crippen LogP contribution in [0.3, 0.4) is 0 Å². The van der Waals surface area contributed by atoms with Gasteiger partial charge in [-0.3, -0.25) is 4.79 Å². The molecule has 0 radical (unpaired) electrons. The highest BCUT2D eigenvalue weighted by molar-refractivity contribution is 5.89. The Bertz CT molecular complexity index is 772. The molecule has 136 valence electrons. The van der Waals surface area contributed by atoms with Gasteiger partial charge in [0.2, 0.25) is 0 Å². The quantitative estimate of drug-likeness (QED) is 0.560. The third kappa shape index (κ3) is 5.84. The van der Waals surface area contributed by atoms with E-state index in [1.165, 1.54) is 12.1 Å². The molecule has 5 heteroatoms. The monoisotopic (exact) mass is 355 g/mol. The van der Waals surface area contributed by atoms with E-state index in [1.807, 2.05) is 44.2 Å². The van der Waals surface area contributed by atoms with Crippen LogP contribution < -0.4 is 0 Å². The van der Waals surface area contributed by atoms with Gasteiger partial charge in [0.05, 0.1) is 0 Å². The molecule has 0 aliphatic rings. The van der Waals surface area contributed by atoms with E-state index in [9.17, 15) is 14.0 Å². The average Bonchev–Trinajstić information content (AvgIpc) is 2.64. The summed E-state index contributed by atoms with van der Waals surface area (Å²) in [6, 6.07) is 15.7. The largest absolute Gasteiger partial charge is 0.452 e. The Kier molecular flexibility index (Phi) is 7.09. The third-order valence-electron chi connectivity index (χ3n) is 3.78. The molecule has 0 saturated carbocycles. The molecule has 0 atom stereocenters. The zero-order valence-corrected chi connectivity index (χ0v) is 14.9. The van der Waals surface area contributed by atoms with Crippen molar-refractivity contribution in [3.8, 4) is 0 Å². The van der Waals surface area contributed by atoms with Crippen LogP contribution >= 0.6 is 0 Å². The molecule has 0 saturated heterocycles. The van der Waals surface area contributed by atoms with Gasteiger partial charge >= 0.3 is 5.97 Å². The molecule has 2 aromatic rings. The Morgan fingerprint density at radius 1 is 1.08 bits per heavy atom. The smallest absolute Gasteiger partial charge is 0.331 e. The van der Waals surface area contributed by atoms with Crippen LogP contribution in [0, 0.1) is 5.82 Å². The summed E-state index contributed by atoms with van der Waals surface area (Å²) >= 11 is 0. The van der Waals surface area contributed by atoms with E-state index in [2.05, 4.69) is 0 Å². The summed E-state index contributed by atoms with van der Waals surface area (Å²) in [6.07, 6.45) is 2.44. The topological polar surface area (TPSA) is 46.6 Å². The van der Waals surface area contributed by atoms with Gasteiger partial charge in [-0.25, -0.2) is 9.18 Å². The van der Waals surface area contributed by atoms with Crippen molar-refractivity contribution in [2.75, 3.05) is 6.61 Å². The fourth-order valence-electron chi connectivity index (χ4n) is 2.37. The van der Waals surface area contributed by atoms with Crippen LogP contribution in [-0.2, 0) is 20.9 Å². The normalized spacial score (nSPS) is 10.9.